The zero-order valence-electron chi connectivity index (χ0n) is 13.6. The van der Waals surface area contributed by atoms with E-state index >= 15 is 0 Å². The van der Waals surface area contributed by atoms with Crippen molar-refractivity contribution >= 4 is 5.91 Å². The van der Waals surface area contributed by atoms with Crippen molar-refractivity contribution in [1.29, 1.82) is 0 Å². The van der Waals surface area contributed by atoms with Gasteiger partial charge in [0.2, 0.25) is 5.91 Å². The van der Waals surface area contributed by atoms with Crippen LogP contribution in [-0.2, 0) is 11.3 Å². The lowest BCUT2D eigenvalue weighted by atomic mass is 9.97. The summed E-state index contributed by atoms with van der Waals surface area (Å²) in [5.41, 5.74) is 0.252. The van der Waals surface area contributed by atoms with E-state index in [0.717, 1.165) is 37.0 Å². The zero-order valence-corrected chi connectivity index (χ0v) is 13.6. The molecule has 0 bridgehead atoms. The van der Waals surface area contributed by atoms with Crippen LogP contribution in [0.1, 0.15) is 51.5 Å². The summed E-state index contributed by atoms with van der Waals surface area (Å²) in [7, 11) is 0. The van der Waals surface area contributed by atoms with E-state index in [0.29, 0.717) is 19.1 Å². The fraction of sp³-hybridized carbons (Fsp3) is 0.611. The van der Waals surface area contributed by atoms with Crippen LogP contribution in [-0.4, -0.2) is 23.2 Å². The summed E-state index contributed by atoms with van der Waals surface area (Å²) in [6.45, 7) is 5.42. The monoisotopic (exact) mass is 305 g/mol. The third-order valence-electron chi connectivity index (χ3n) is 4.02. The topological polar surface area (TPSA) is 58.6 Å². The SMILES string of the molecule is CC(C)COc1ccc(CNC(=O)CC2(O)CCCC2)cc1. The van der Waals surface area contributed by atoms with Crippen LogP contribution in [0.5, 0.6) is 5.75 Å². The average Bonchev–Trinajstić information content (AvgIpc) is 2.90. The van der Waals surface area contributed by atoms with Crippen LogP contribution < -0.4 is 10.1 Å². The third-order valence-corrected chi connectivity index (χ3v) is 4.02. The Morgan fingerprint density at radius 1 is 1.27 bits per heavy atom. The van der Waals surface area contributed by atoms with E-state index in [1.165, 1.54) is 0 Å². The Balaban J connectivity index is 1.75. The molecule has 1 aromatic carbocycles. The molecular weight excluding hydrogens is 278 g/mol. The Labute approximate surface area is 132 Å². The van der Waals surface area contributed by atoms with Crippen LogP contribution in [0.15, 0.2) is 24.3 Å². The van der Waals surface area contributed by atoms with Gasteiger partial charge in [-0.15, -0.1) is 0 Å². The predicted octanol–water partition coefficient (Wildman–Crippen LogP) is 3.03. The molecule has 1 aliphatic rings. The quantitative estimate of drug-likeness (QED) is 0.814. The van der Waals surface area contributed by atoms with Crippen LogP contribution >= 0.6 is 0 Å². The number of aliphatic hydroxyl groups is 1. The second kappa shape index (κ2) is 7.63. The van der Waals surface area contributed by atoms with E-state index < -0.39 is 5.60 Å². The van der Waals surface area contributed by atoms with Gasteiger partial charge in [-0.2, -0.15) is 0 Å². The highest BCUT2D eigenvalue weighted by Gasteiger charge is 2.33. The minimum atomic E-state index is -0.779. The number of nitrogens with one attached hydrogen (secondary N) is 1. The number of amides is 1. The highest BCUT2D eigenvalue weighted by molar-refractivity contribution is 5.77. The van der Waals surface area contributed by atoms with Crippen LogP contribution in [0.4, 0.5) is 0 Å². The first-order valence-electron chi connectivity index (χ1n) is 8.18. The molecule has 0 aliphatic heterocycles. The van der Waals surface area contributed by atoms with Gasteiger partial charge in [0.1, 0.15) is 5.75 Å². The Hall–Kier alpha value is -1.55. The molecule has 1 amide bonds. The summed E-state index contributed by atoms with van der Waals surface area (Å²) in [6.07, 6.45) is 3.72. The van der Waals surface area contributed by atoms with E-state index in [1.54, 1.807) is 0 Å². The number of ether oxygens (including phenoxy) is 1. The zero-order chi connectivity index (χ0) is 16.0. The van der Waals surface area contributed by atoms with Gasteiger partial charge in [0, 0.05) is 6.54 Å². The molecule has 1 saturated carbocycles. The standard InChI is InChI=1S/C18H27NO3/c1-14(2)13-22-16-7-5-15(6-8-16)12-19-17(20)11-18(21)9-3-4-10-18/h5-8,14,21H,3-4,9-13H2,1-2H3,(H,19,20). The average molecular weight is 305 g/mol. The van der Waals surface area contributed by atoms with Crippen molar-refractivity contribution in [1.82, 2.24) is 5.32 Å². The normalized spacial score (nSPS) is 16.7. The lowest BCUT2D eigenvalue weighted by Gasteiger charge is -2.21. The molecule has 22 heavy (non-hydrogen) atoms. The number of carbonyl (C=O) groups is 1. The smallest absolute Gasteiger partial charge is 0.223 e. The molecule has 122 valence electrons. The molecule has 0 atom stereocenters. The maximum atomic E-state index is 11.9. The molecule has 4 nitrogen and oxygen atoms in total. The lowest BCUT2D eigenvalue weighted by Crippen LogP contribution is -2.34. The van der Waals surface area contributed by atoms with Gasteiger partial charge < -0.3 is 15.2 Å². The fourth-order valence-corrected chi connectivity index (χ4v) is 2.74. The van der Waals surface area contributed by atoms with Crippen LogP contribution in [0, 0.1) is 5.92 Å². The Morgan fingerprint density at radius 2 is 1.91 bits per heavy atom. The van der Waals surface area contributed by atoms with Crippen LogP contribution in [0.3, 0.4) is 0 Å². The molecule has 0 aromatic heterocycles. The van der Waals surface area contributed by atoms with E-state index in [-0.39, 0.29) is 12.3 Å². The summed E-state index contributed by atoms with van der Waals surface area (Å²) in [5, 5.41) is 13.1. The summed E-state index contributed by atoms with van der Waals surface area (Å²) in [4.78, 5) is 11.9. The molecule has 0 heterocycles. The van der Waals surface area contributed by atoms with Crippen molar-refractivity contribution in [3.63, 3.8) is 0 Å². The van der Waals surface area contributed by atoms with Gasteiger partial charge in [-0.25, -0.2) is 0 Å². The second-order valence-electron chi connectivity index (χ2n) is 6.73. The molecule has 1 aromatic rings. The van der Waals surface area contributed by atoms with Crippen molar-refractivity contribution in [3.8, 4) is 5.75 Å². The Morgan fingerprint density at radius 3 is 2.50 bits per heavy atom. The van der Waals surface area contributed by atoms with Gasteiger partial charge >= 0.3 is 0 Å². The molecule has 4 heteroatoms. The summed E-state index contributed by atoms with van der Waals surface area (Å²) < 4.78 is 5.63. The second-order valence-corrected chi connectivity index (χ2v) is 6.73. The van der Waals surface area contributed by atoms with Gasteiger partial charge in [-0.3, -0.25) is 4.79 Å². The largest absolute Gasteiger partial charge is 0.493 e. The van der Waals surface area contributed by atoms with E-state index in [1.807, 2.05) is 24.3 Å². The first kappa shape index (κ1) is 16.8. The van der Waals surface area contributed by atoms with Crippen LogP contribution in [0.2, 0.25) is 0 Å². The molecule has 0 spiro atoms. The van der Waals surface area contributed by atoms with Crippen molar-refractivity contribution in [3.05, 3.63) is 29.8 Å². The first-order valence-corrected chi connectivity index (χ1v) is 8.18. The molecule has 2 rings (SSSR count). The van der Waals surface area contributed by atoms with E-state index in [4.69, 9.17) is 4.74 Å². The number of hydrogen-bond donors (Lipinski definition) is 2. The fourth-order valence-electron chi connectivity index (χ4n) is 2.74. The third kappa shape index (κ3) is 5.34. The Bertz CT molecular complexity index is 476. The van der Waals surface area contributed by atoms with E-state index in [2.05, 4.69) is 19.2 Å². The summed E-state index contributed by atoms with van der Waals surface area (Å²) >= 11 is 0. The number of carbonyl (C=O) groups excluding carboxylic acids is 1. The lowest BCUT2D eigenvalue weighted by molar-refractivity contribution is -0.126. The van der Waals surface area contributed by atoms with Gasteiger partial charge in [0.15, 0.2) is 0 Å². The molecule has 0 unspecified atom stereocenters. The van der Waals surface area contributed by atoms with Gasteiger partial charge in [0.05, 0.1) is 18.6 Å². The van der Waals surface area contributed by atoms with Gasteiger partial charge in [0.25, 0.3) is 0 Å². The summed E-state index contributed by atoms with van der Waals surface area (Å²) in [6, 6.07) is 7.77. The highest BCUT2D eigenvalue weighted by Crippen LogP contribution is 2.32. The summed E-state index contributed by atoms with van der Waals surface area (Å²) in [5.74, 6) is 1.27. The number of benzene rings is 1. The first-order chi connectivity index (χ1) is 10.5. The molecule has 1 fully saturated rings. The van der Waals surface area contributed by atoms with Gasteiger partial charge in [-0.05, 0) is 36.5 Å². The Kier molecular flexibility index (Phi) is 5.83. The van der Waals surface area contributed by atoms with Crippen molar-refractivity contribution in [2.24, 2.45) is 5.92 Å². The molecule has 0 radical (unpaired) electrons. The number of rotatable bonds is 7. The minimum absolute atomic E-state index is 0.0791. The predicted molar refractivity (Wildman–Crippen MR) is 86.7 cm³/mol. The number of hydrogen-bond acceptors (Lipinski definition) is 3. The van der Waals surface area contributed by atoms with Gasteiger partial charge in [-0.1, -0.05) is 38.8 Å². The molecule has 1 aliphatic carbocycles. The van der Waals surface area contributed by atoms with Crippen molar-refractivity contribution in [2.75, 3.05) is 6.61 Å². The maximum Gasteiger partial charge on any atom is 0.223 e. The molecule has 2 N–H and O–H groups in total. The van der Waals surface area contributed by atoms with Crippen molar-refractivity contribution < 1.29 is 14.6 Å². The molecular formula is C18H27NO3. The van der Waals surface area contributed by atoms with Crippen LogP contribution in [0.25, 0.3) is 0 Å². The minimum Gasteiger partial charge on any atom is -0.493 e. The van der Waals surface area contributed by atoms with E-state index in [9.17, 15) is 9.90 Å². The maximum absolute atomic E-state index is 11.9. The van der Waals surface area contributed by atoms with Crippen molar-refractivity contribution in [2.45, 2.75) is 58.1 Å². The molecule has 0 saturated heterocycles. The highest BCUT2D eigenvalue weighted by atomic mass is 16.5.